The number of aliphatic carboxylic acids is 1. The van der Waals surface area contributed by atoms with Gasteiger partial charge in [-0.1, -0.05) is 5.16 Å². The first-order chi connectivity index (χ1) is 13.9. The van der Waals surface area contributed by atoms with Gasteiger partial charge in [0.15, 0.2) is 0 Å². The molecule has 0 saturated carbocycles. The third-order valence-electron chi connectivity index (χ3n) is 4.66. The van der Waals surface area contributed by atoms with Crippen LogP contribution < -0.4 is 0 Å². The molecule has 1 N–H and O–H groups in total. The quantitative estimate of drug-likeness (QED) is 0.791. The molecule has 0 saturated heterocycles. The topological polar surface area (TPSA) is 105 Å². The standard InChI is InChI=1S/C16H23N5O2.C2HF3O2/c1-11-15(12(2)23-18-11)10-20-7-13(16(22)19(3)4)8-21-14(9-20)5-6-17-21;3-2(4,5)1(6)7/h5-6,13H,7-10H2,1-4H3;(H,6,7). The lowest BCUT2D eigenvalue weighted by molar-refractivity contribution is -0.192. The molecule has 1 aliphatic rings. The first kappa shape index (κ1) is 23.4. The maximum Gasteiger partial charge on any atom is 0.490 e. The van der Waals surface area contributed by atoms with Gasteiger partial charge in [-0.25, -0.2) is 4.79 Å². The van der Waals surface area contributed by atoms with Crippen LogP contribution in [0.2, 0.25) is 0 Å². The number of hydrogen-bond donors (Lipinski definition) is 1. The molecule has 2 aromatic rings. The van der Waals surface area contributed by atoms with E-state index in [9.17, 15) is 18.0 Å². The molecule has 3 rings (SSSR count). The van der Waals surface area contributed by atoms with Crippen molar-refractivity contribution >= 4 is 11.9 Å². The molecular formula is C18H24F3N5O4. The van der Waals surface area contributed by atoms with Crippen LogP contribution >= 0.6 is 0 Å². The Morgan fingerprint density at radius 1 is 1.30 bits per heavy atom. The van der Waals surface area contributed by atoms with Crippen LogP contribution in [0.15, 0.2) is 16.8 Å². The van der Waals surface area contributed by atoms with Crippen molar-refractivity contribution in [3.63, 3.8) is 0 Å². The Morgan fingerprint density at radius 3 is 2.43 bits per heavy atom. The number of carboxylic acids is 1. The Hall–Kier alpha value is -2.89. The summed E-state index contributed by atoms with van der Waals surface area (Å²) in [6.45, 7) is 6.70. The fourth-order valence-electron chi connectivity index (χ4n) is 3.12. The molecule has 1 atom stereocenters. The minimum absolute atomic E-state index is 0.105. The van der Waals surface area contributed by atoms with Gasteiger partial charge in [-0.05, 0) is 19.9 Å². The predicted molar refractivity (Wildman–Crippen MR) is 98.2 cm³/mol. The lowest BCUT2D eigenvalue weighted by Gasteiger charge is -2.25. The summed E-state index contributed by atoms with van der Waals surface area (Å²) in [6, 6.07) is 2.02. The molecule has 0 radical (unpaired) electrons. The molecule has 0 aromatic carbocycles. The number of fused-ring (bicyclic) bond motifs is 1. The Bertz CT molecular complexity index is 871. The van der Waals surface area contributed by atoms with Crippen molar-refractivity contribution in [1.29, 1.82) is 0 Å². The van der Waals surface area contributed by atoms with Crippen molar-refractivity contribution < 1.29 is 32.4 Å². The number of hydrogen-bond acceptors (Lipinski definition) is 6. The van der Waals surface area contributed by atoms with E-state index >= 15 is 0 Å². The Balaban J connectivity index is 0.000000396. The van der Waals surface area contributed by atoms with E-state index < -0.39 is 12.1 Å². The van der Waals surface area contributed by atoms with Crippen molar-refractivity contribution in [3.05, 3.63) is 35.0 Å². The number of alkyl halides is 3. The number of halogens is 3. The number of amides is 1. The second-order valence-electron chi connectivity index (χ2n) is 7.21. The summed E-state index contributed by atoms with van der Waals surface area (Å²) < 4.78 is 38.9. The zero-order valence-corrected chi connectivity index (χ0v) is 17.1. The van der Waals surface area contributed by atoms with Gasteiger partial charge in [-0.15, -0.1) is 0 Å². The van der Waals surface area contributed by atoms with Crippen molar-refractivity contribution in [2.24, 2.45) is 5.92 Å². The smallest absolute Gasteiger partial charge is 0.475 e. The highest BCUT2D eigenvalue weighted by molar-refractivity contribution is 5.78. The molecule has 2 aromatic heterocycles. The molecule has 0 fully saturated rings. The van der Waals surface area contributed by atoms with E-state index in [1.807, 2.05) is 24.6 Å². The van der Waals surface area contributed by atoms with Crippen LogP contribution in [-0.2, 0) is 29.2 Å². The lowest BCUT2D eigenvalue weighted by atomic mass is 10.1. The highest BCUT2D eigenvalue weighted by Crippen LogP contribution is 2.22. The predicted octanol–water partition coefficient (Wildman–Crippen LogP) is 1.84. The van der Waals surface area contributed by atoms with Gasteiger partial charge in [0.25, 0.3) is 0 Å². The van der Waals surface area contributed by atoms with E-state index in [0.29, 0.717) is 13.1 Å². The van der Waals surface area contributed by atoms with Gasteiger partial charge < -0.3 is 14.5 Å². The van der Waals surface area contributed by atoms with E-state index in [-0.39, 0.29) is 11.8 Å². The molecule has 1 aliphatic heterocycles. The minimum Gasteiger partial charge on any atom is -0.475 e. The van der Waals surface area contributed by atoms with Gasteiger partial charge in [0.1, 0.15) is 5.76 Å². The summed E-state index contributed by atoms with van der Waals surface area (Å²) in [6.07, 6.45) is -3.29. The number of carbonyl (C=O) groups is 2. The van der Waals surface area contributed by atoms with Crippen LogP contribution in [-0.4, -0.2) is 68.5 Å². The third kappa shape index (κ3) is 5.81. The van der Waals surface area contributed by atoms with Crippen LogP contribution in [0.5, 0.6) is 0 Å². The normalized spacial score (nSPS) is 16.8. The molecule has 0 bridgehead atoms. The van der Waals surface area contributed by atoms with Crippen LogP contribution in [0.25, 0.3) is 0 Å². The monoisotopic (exact) mass is 431 g/mol. The van der Waals surface area contributed by atoms with E-state index in [2.05, 4.69) is 15.2 Å². The van der Waals surface area contributed by atoms with Crippen LogP contribution in [0.3, 0.4) is 0 Å². The Labute approximate surface area is 171 Å². The SMILES string of the molecule is Cc1noc(C)c1CN1Cc2ccnn2CC(C(=O)N(C)C)C1.O=C(O)C(F)(F)F. The largest absolute Gasteiger partial charge is 0.490 e. The zero-order valence-electron chi connectivity index (χ0n) is 17.1. The molecule has 0 spiro atoms. The van der Waals surface area contributed by atoms with Crippen LogP contribution in [0.4, 0.5) is 13.2 Å². The summed E-state index contributed by atoms with van der Waals surface area (Å²) in [5.41, 5.74) is 3.15. The Kier molecular flexibility index (Phi) is 7.24. The van der Waals surface area contributed by atoms with E-state index in [4.69, 9.17) is 14.4 Å². The zero-order chi connectivity index (χ0) is 22.6. The van der Waals surface area contributed by atoms with Crippen molar-refractivity contribution in [2.75, 3.05) is 20.6 Å². The van der Waals surface area contributed by atoms with E-state index in [1.54, 1.807) is 25.2 Å². The number of aryl methyl sites for hydroxylation is 2. The lowest BCUT2D eigenvalue weighted by Crippen LogP contribution is -2.38. The van der Waals surface area contributed by atoms with Gasteiger partial charge in [-0.2, -0.15) is 18.3 Å². The molecule has 12 heteroatoms. The van der Waals surface area contributed by atoms with Gasteiger partial charge in [0.2, 0.25) is 5.91 Å². The summed E-state index contributed by atoms with van der Waals surface area (Å²) >= 11 is 0. The van der Waals surface area contributed by atoms with Gasteiger partial charge in [0, 0.05) is 45.5 Å². The van der Waals surface area contributed by atoms with Gasteiger partial charge in [-0.3, -0.25) is 14.4 Å². The molecule has 1 unspecified atom stereocenters. The van der Waals surface area contributed by atoms with E-state index in [0.717, 1.165) is 35.8 Å². The number of aromatic nitrogens is 3. The van der Waals surface area contributed by atoms with E-state index in [1.165, 1.54) is 0 Å². The molecule has 9 nitrogen and oxygen atoms in total. The average molecular weight is 431 g/mol. The highest BCUT2D eigenvalue weighted by atomic mass is 19.4. The number of carbonyl (C=O) groups excluding carboxylic acids is 1. The average Bonchev–Trinajstić information content (AvgIpc) is 3.15. The fraction of sp³-hybridized carbons (Fsp3) is 0.556. The first-order valence-corrected chi connectivity index (χ1v) is 9.06. The first-order valence-electron chi connectivity index (χ1n) is 9.06. The molecule has 30 heavy (non-hydrogen) atoms. The molecular weight excluding hydrogens is 407 g/mol. The number of rotatable bonds is 3. The third-order valence-corrected chi connectivity index (χ3v) is 4.66. The summed E-state index contributed by atoms with van der Waals surface area (Å²) in [5.74, 6) is -1.88. The second-order valence-corrected chi connectivity index (χ2v) is 7.21. The number of nitrogens with zero attached hydrogens (tertiary/aromatic N) is 5. The summed E-state index contributed by atoms with van der Waals surface area (Å²) in [4.78, 5) is 25.3. The van der Waals surface area contributed by atoms with Gasteiger partial charge >= 0.3 is 12.1 Å². The highest BCUT2D eigenvalue weighted by Gasteiger charge is 2.38. The van der Waals surface area contributed by atoms with Crippen LogP contribution in [0.1, 0.15) is 22.7 Å². The molecule has 0 aliphatic carbocycles. The van der Waals surface area contributed by atoms with Crippen LogP contribution in [0, 0.1) is 19.8 Å². The fourth-order valence-corrected chi connectivity index (χ4v) is 3.12. The van der Waals surface area contributed by atoms with Crippen molar-refractivity contribution in [1.82, 2.24) is 24.7 Å². The maximum absolute atomic E-state index is 12.5. The molecule has 166 valence electrons. The summed E-state index contributed by atoms with van der Waals surface area (Å²) in [7, 11) is 3.60. The minimum atomic E-state index is -5.08. The molecule has 3 heterocycles. The van der Waals surface area contributed by atoms with Crippen molar-refractivity contribution in [2.45, 2.75) is 39.7 Å². The second kappa shape index (κ2) is 9.28. The molecule has 1 amide bonds. The number of carboxylic acid groups (broad SMARTS) is 1. The maximum atomic E-state index is 12.5. The Morgan fingerprint density at radius 2 is 1.93 bits per heavy atom. The van der Waals surface area contributed by atoms with Crippen molar-refractivity contribution in [3.8, 4) is 0 Å². The van der Waals surface area contributed by atoms with Gasteiger partial charge in [0.05, 0.1) is 23.9 Å². The summed E-state index contributed by atoms with van der Waals surface area (Å²) in [5, 5.41) is 15.5.